The minimum atomic E-state index is -0.497. The maximum Gasteiger partial charge on any atom is 0.253 e. The number of aromatic nitrogens is 1. The smallest absolute Gasteiger partial charge is 0.253 e. The van der Waals surface area contributed by atoms with E-state index in [1.807, 2.05) is 18.2 Å². The molecule has 0 saturated carbocycles. The summed E-state index contributed by atoms with van der Waals surface area (Å²) in [6.45, 7) is 0.870. The first kappa shape index (κ1) is 21.5. The molecule has 2 aromatic carbocycles. The van der Waals surface area contributed by atoms with Crippen molar-refractivity contribution in [3.63, 3.8) is 0 Å². The summed E-state index contributed by atoms with van der Waals surface area (Å²) >= 11 is 0. The van der Waals surface area contributed by atoms with Gasteiger partial charge in [-0.3, -0.25) is 14.6 Å². The molecule has 0 spiro atoms. The zero-order valence-corrected chi connectivity index (χ0v) is 17.7. The second-order valence-electron chi connectivity index (χ2n) is 7.75. The number of hydrogen-bond acceptors (Lipinski definition) is 4. The molecule has 32 heavy (non-hydrogen) atoms. The number of ether oxygens (including phenoxy) is 1. The zero-order chi connectivity index (χ0) is 22.5. The molecule has 1 aromatic heterocycles. The highest BCUT2D eigenvalue weighted by Crippen LogP contribution is 2.34. The second-order valence-corrected chi connectivity index (χ2v) is 7.75. The Kier molecular flexibility index (Phi) is 6.44. The van der Waals surface area contributed by atoms with Crippen molar-refractivity contribution >= 4 is 11.8 Å². The van der Waals surface area contributed by atoms with Crippen LogP contribution in [0.25, 0.3) is 0 Å². The molecule has 3 aromatic rings. The molecule has 7 heteroatoms. The fourth-order valence-corrected chi connectivity index (χ4v) is 4.04. The third-order valence-corrected chi connectivity index (χ3v) is 5.73. The van der Waals surface area contributed by atoms with E-state index in [0.717, 1.165) is 5.69 Å². The Labute approximate surface area is 186 Å². The highest BCUT2D eigenvalue weighted by Gasteiger charge is 2.40. The van der Waals surface area contributed by atoms with Crippen LogP contribution in [0, 0.1) is 11.7 Å². The third-order valence-electron chi connectivity index (χ3n) is 5.73. The van der Waals surface area contributed by atoms with Gasteiger partial charge in [0.2, 0.25) is 5.91 Å². The Hall–Kier alpha value is -3.74. The fraction of sp³-hybridized carbons (Fsp3) is 0.240. The van der Waals surface area contributed by atoms with Gasteiger partial charge in [-0.05, 0) is 54.1 Å². The fourth-order valence-electron chi connectivity index (χ4n) is 4.04. The lowest BCUT2D eigenvalue weighted by atomic mass is 9.88. The van der Waals surface area contributed by atoms with Crippen LogP contribution in [-0.2, 0) is 11.3 Å². The van der Waals surface area contributed by atoms with E-state index in [-0.39, 0.29) is 30.1 Å². The van der Waals surface area contributed by atoms with Crippen molar-refractivity contribution in [2.45, 2.75) is 12.5 Å². The van der Waals surface area contributed by atoms with Crippen LogP contribution in [0.15, 0.2) is 72.9 Å². The lowest BCUT2D eigenvalue weighted by molar-refractivity contribution is -0.125. The van der Waals surface area contributed by atoms with Crippen molar-refractivity contribution in [3.8, 4) is 5.75 Å². The first-order valence-corrected chi connectivity index (χ1v) is 10.4. The molecule has 0 bridgehead atoms. The Morgan fingerprint density at radius 2 is 1.91 bits per heavy atom. The summed E-state index contributed by atoms with van der Waals surface area (Å²) in [5, 5.41) is 2.92. The summed E-state index contributed by atoms with van der Waals surface area (Å²) in [7, 11) is 1.56. The van der Waals surface area contributed by atoms with Crippen LogP contribution in [0.4, 0.5) is 4.39 Å². The summed E-state index contributed by atoms with van der Waals surface area (Å²) < 4.78 is 19.1. The van der Waals surface area contributed by atoms with Gasteiger partial charge in [-0.1, -0.05) is 18.2 Å². The number of nitrogens with one attached hydrogen (secondary N) is 1. The molecule has 0 unspecified atom stereocenters. The number of amides is 2. The molecule has 1 fully saturated rings. The van der Waals surface area contributed by atoms with Crippen molar-refractivity contribution < 1.29 is 18.7 Å². The van der Waals surface area contributed by atoms with Crippen molar-refractivity contribution in [1.29, 1.82) is 0 Å². The van der Waals surface area contributed by atoms with Gasteiger partial charge in [0.05, 0.1) is 25.3 Å². The summed E-state index contributed by atoms with van der Waals surface area (Å²) in [5.74, 6) is -0.870. The first-order chi connectivity index (χ1) is 15.5. The van der Waals surface area contributed by atoms with E-state index >= 15 is 0 Å². The van der Waals surface area contributed by atoms with Gasteiger partial charge in [-0.25, -0.2) is 4.39 Å². The molecule has 4 rings (SSSR count). The highest BCUT2D eigenvalue weighted by molar-refractivity contribution is 5.95. The molecule has 0 radical (unpaired) electrons. The van der Waals surface area contributed by atoms with Gasteiger partial charge < -0.3 is 15.0 Å². The summed E-state index contributed by atoms with van der Waals surface area (Å²) in [6, 6.07) is 18.6. The van der Waals surface area contributed by atoms with Gasteiger partial charge in [0.25, 0.3) is 5.91 Å². The number of benzene rings is 2. The van der Waals surface area contributed by atoms with Crippen LogP contribution in [0.5, 0.6) is 5.75 Å². The monoisotopic (exact) mass is 433 g/mol. The SMILES string of the molecule is COc1ccc(C(=O)N2C[C@H](C(=O)NCc3ccccn3)[C@@H](c3cccc(F)c3)C2)cc1. The average Bonchev–Trinajstić information content (AvgIpc) is 3.28. The molecule has 164 valence electrons. The molecule has 1 aliphatic rings. The summed E-state index contributed by atoms with van der Waals surface area (Å²) in [5.41, 5.74) is 1.96. The van der Waals surface area contributed by atoms with Crippen molar-refractivity contribution in [2.75, 3.05) is 20.2 Å². The van der Waals surface area contributed by atoms with E-state index in [0.29, 0.717) is 30.0 Å². The molecule has 2 atom stereocenters. The van der Waals surface area contributed by atoms with Crippen molar-refractivity contribution in [1.82, 2.24) is 15.2 Å². The predicted octanol–water partition coefficient (Wildman–Crippen LogP) is 3.40. The lowest BCUT2D eigenvalue weighted by Gasteiger charge is -2.18. The number of methoxy groups -OCH3 is 1. The number of nitrogens with zero attached hydrogens (tertiary/aromatic N) is 2. The van der Waals surface area contributed by atoms with Crippen LogP contribution < -0.4 is 10.1 Å². The van der Waals surface area contributed by atoms with Crippen molar-refractivity contribution in [2.24, 2.45) is 5.92 Å². The van der Waals surface area contributed by atoms with Crippen LogP contribution in [0.2, 0.25) is 0 Å². The largest absolute Gasteiger partial charge is 0.497 e. The topological polar surface area (TPSA) is 71.5 Å². The molecular formula is C25H24FN3O3. The maximum atomic E-state index is 13.9. The molecular weight excluding hydrogens is 409 g/mol. The van der Waals surface area contributed by atoms with Crippen molar-refractivity contribution in [3.05, 3.63) is 95.6 Å². The number of carbonyl (C=O) groups excluding carboxylic acids is 2. The normalized spacial score (nSPS) is 17.8. The van der Waals surface area contributed by atoms with Gasteiger partial charge in [-0.2, -0.15) is 0 Å². The van der Waals surface area contributed by atoms with Gasteiger partial charge >= 0.3 is 0 Å². The molecule has 1 aliphatic heterocycles. The average molecular weight is 433 g/mol. The highest BCUT2D eigenvalue weighted by atomic mass is 19.1. The minimum absolute atomic E-state index is 0.172. The number of rotatable bonds is 6. The Morgan fingerprint density at radius 1 is 1.09 bits per heavy atom. The zero-order valence-electron chi connectivity index (χ0n) is 17.7. The summed E-state index contributed by atoms with van der Waals surface area (Å²) in [6.07, 6.45) is 1.67. The quantitative estimate of drug-likeness (QED) is 0.647. The second kappa shape index (κ2) is 9.60. The van der Waals surface area contributed by atoms with E-state index in [1.165, 1.54) is 12.1 Å². The Balaban J connectivity index is 1.54. The van der Waals surface area contributed by atoms with E-state index in [4.69, 9.17) is 4.74 Å². The van der Waals surface area contributed by atoms with Gasteiger partial charge in [0.1, 0.15) is 11.6 Å². The lowest BCUT2D eigenvalue weighted by Crippen LogP contribution is -2.35. The molecule has 6 nitrogen and oxygen atoms in total. The van der Waals surface area contributed by atoms with Gasteiger partial charge in [-0.15, -0.1) is 0 Å². The number of carbonyl (C=O) groups is 2. The van der Waals surface area contributed by atoms with E-state index in [1.54, 1.807) is 54.6 Å². The van der Waals surface area contributed by atoms with Crippen LogP contribution in [-0.4, -0.2) is 41.9 Å². The van der Waals surface area contributed by atoms with Gasteiger partial charge in [0.15, 0.2) is 0 Å². The van der Waals surface area contributed by atoms with E-state index in [9.17, 15) is 14.0 Å². The van der Waals surface area contributed by atoms with Crippen LogP contribution >= 0.6 is 0 Å². The number of hydrogen-bond donors (Lipinski definition) is 1. The molecule has 1 saturated heterocycles. The molecule has 1 N–H and O–H groups in total. The number of pyridine rings is 1. The number of likely N-dealkylation sites (tertiary alicyclic amines) is 1. The van der Waals surface area contributed by atoms with Crippen LogP contribution in [0.1, 0.15) is 27.5 Å². The molecule has 2 heterocycles. The third kappa shape index (κ3) is 4.77. The first-order valence-electron chi connectivity index (χ1n) is 10.4. The maximum absolute atomic E-state index is 13.9. The standard InChI is InChI=1S/C25H24FN3O3/c1-32-21-10-8-17(9-11-21)25(31)29-15-22(18-5-4-6-19(26)13-18)23(16-29)24(30)28-14-20-7-2-3-12-27-20/h2-13,22-23H,14-16H2,1H3,(H,28,30)/t22-,23+/m1/s1. The van der Waals surface area contributed by atoms with E-state index < -0.39 is 5.92 Å². The number of halogens is 1. The summed E-state index contributed by atoms with van der Waals surface area (Å²) in [4.78, 5) is 32.1. The molecule has 2 amide bonds. The van der Waals surface area contributed by atoms with Gasteiger partial charge in [0, 0.05) is 30.8 Å². The van der Waals surface area contributed by atoms with E-state index in [2.05, 4.69) is 10.3 Å². The Morgan fingerprint density at radius 3 is 2.59 bits per heavy atom. The van der Waals surface area contributed by atoms with Crippen LogP contribution in [0.3, 0.4) is 0 Å². The molecule has 0 aliphatic carbocycles. The minimum Gasteiger partial charge on any atom is -0.497 e. The predicted molar refractivity (Wildman–Crippen MR) is 118 cm³/mol. The Bertz CT molecular complexity index is 1090.